The fourth-order valence-electron chi connectivity index (χ4n) is 3.70. The average molecular weight is 439 g/mol. The van der Waals surface area contributed by atoms with E-state index in [-0.39, 0.29) is 18.0 Å². The zero-order valence-electron chi connectivity index (χ0n) is 19.2. The molecule has 0 aromatic heterocycles. The first-order chi connectivity index (χ1) is 15.5. The van der Waals surface area contributed by atoms with E-state index in [2.05, 4.69) is 20.9 Å². The maximum atomic E-state index is 13.0. The second kappa shape index (κ2) is 11.4. The molecule has 0 spiro atoms. The molecule has 1 aliphatic heterocycles. The molecule has 3 rings (SSSR count). The number of piperidine rings is 1. The van der Waals surface area contributed by atoms with Gasteiger partial charge in [0.2, 0.25) is 0 Å². The molecule has 1 aliphatic rings. The fraction of sp³-hybridized carbons (Fsp3) is 0.440. The van der Waals surface area contributed by atoms with Crippen molar-refractivity contribution in [2.75, 3.05) is 35.2 Å². The van der Waals surface area contributed by atoms with Crippen LogP contribution >= 0.6 is 0 Å². The molecular weight excluding hydrogens is 404 g/mol. The number of nitrogens with one attached hydrogen (secondary N) is 3. The number of carbonyl (C=O) groups is 2. The van der Waals surface area contributed by atoms with E-state index < -0.39 is 0 Å². The lowest BCUT2D eigenvalue weighted by atomic mass is 10.1. The Bertz CT molecular complexity index is 908. The second-order valence-electron chi connectivity index (χ2n) is 8.10. The zero-order chi connectivity index (χ0) is 22.9. The monoisotopic (exact) mass is 438 g/mol. The minimum atomic E-state index is -0.367. The largest absolute Gasteiger partial charge is 0.494 e. The average Bonchev–Trinajstić information content (AvgIpc) is 2.81. The number of hydrogen-bond donors (Lipinski definition) is 3. The number of anilines is 3. The molecule has 32 heavy (non-hydrogen) atoms. The first-order valence-electron chi connectivity index (χ1n) is 11.5. The first kappa shape index (κ1) is 23.4. The molecular formula is C25H34N4O3. The lowest BCUT2D eigenvalue weighted by Crippen LogP contribution is -2.35. The number of hydrogen-bond acceptors (Lipinski definition) is 4. The second-order valence-corrected chi connectivity index (χ2v) is 8.10. The highest BCUT2D eigenvalue weighted by Gasteiger charge is 2.20. The van der Waals surface area contributed by atoms with Crippen molar-refractivity contribution in [2.45, 2.75) is 52.5 Å². The Labute approximate surface area is 190 Å². The Morgan fingerprint density at radius 2 is 1.62 bits per heavy atom. The summed E-state index contributed by atoms with van der Waals surface area (Å²) in [5, 5.41) is 8.71. The number of carbonyl (C=O) groups excluding carboxylic acids is 2. The zero-order valence-corrected chi connectivity index (χ0v) is 19.2. The van der Waals surface area contributed by atoms with Crippen molar-refractivity contribution in [2.24, 2.45) is 0 Å². The molecule has 1 unspecified atom stereocenters. The standard InChI is InChI=1S/C25H34N4O3/c1-4-18(3)26-24(30)22-17-20(11-14-23(22)29-15-7-6-8-16-29)28-25(31)27-19-9-12-21(13-10-19)32-5-2/h9-14,17-18H,4-8,15-16H2,1-3H3,(H,26,30)(H2,27,28,31). The number of rotatable bonds is 8. The molecule has 1 heterocycles. The van der Waals surface area contributed by atoms with Crippen LogP contribution in [0.5, 0.6) is 5.75 Å². The molecule has 3 N–H and O–H groups in total. The molecule has 1 saturated heterocycles. The Hall–Kier alpha value is -3.22. The quantitative estimate of drug-likeness (QED) is 0.526. The molecule has 0 bridgehead atoms. The Balaban J connectivity index is 1.74. The Morgan fingerprint density at radius 3 is 2.28 bits per heavy atom. The molecule has 2 aromatic rings. The van der Waals surface area contributed by atoms with Crippen LogP contribution in [0.15, 0.2) is 42.5 Å². The van der Waals surface area contributed by atoms with Crippen molar-refractivity contribution in [1.82, 2.24) is 5.32 Å². The molecule has 7 nitrogen and oxygen atoms in total. The van der Waals surface area contributed by atoms with Crippen LogP contribution in [-0.4, -0.2) is 37.7 Å². The highest BCUT2D eigenvalue weighted by atomic mass is 16.5. The van der Waals surface area contributed by atoms with Gasteiger partial charge in [-0.1, -0.05) is 6.92 Å². The maximum Gasteiger partial charge on any atom is 0.323 e. The number of amides is 3. The van der Waals surface area contributed by atoms with Gasteiger partial charge in [-0.3, -0.25) is 4.79 Å². The molecule has 0 aliphatic carbocycles. The molecule has 172 valence electrons. The van der Waals surface area contributed by atoms with Gasteiger partial charge in [0.25, 0.3) is 5.91 Å². The van der Waals surface area contributed by atoms with Crippen LogP contribution in [0.2, 0.25) is 0 Å². The first-order valence-corrected chi connectivity index (χ1v) is 11.5. The molecule has 3 amide bonds. The molecule has 0 saturated carbocycles. The molecule has 1 fully saturated rings. The van der Waals surface area contributed by atoms with Crippen molar-refractivity contribution in [3.63, 3.8) is 0 Å². The van der Waals surface area contributed by atoms with Gasteiger partial charge in [0.1, 0.15) is 5.75 Å². The summed E-state index contributed by atoms with van der Waals surface area (Å²) in [5.41, 5.74) is 2.74. The summed E-state index contributed by atoms with van der Waals surface area (Å²) in [6.07, 6.45) is 4.32. The predicted molar refractivity (Wildman–Crippen MR) is 130 cm³/mol. The number of ether oxygens (including phenoxy) is 1. The smallest absolute Gasteiger partial charge is 0.323 e. The van der Waals surface area contributed by atoms with Crippen molar-refractivity contribution in [1.29, 1.82) is 0 Å². The van der Waals surface area contributed by atoms with Crippen molar-refractivity contribution >= 4 is 29.0 Å². The van der Waals surface area contributed by atoms with Crippen molar-refractivity contribution in [3.8, 4) is 5.75 Å². The van der Waals surface area contributed by atoms with Crippen LogP contribution in [-0.2, 0) is 0 Å². The predicted octanol–water partition coefficient (Wildman–Crippen LogP) is 5.25. The van der Waals surface area contributed by atoms with E-state index >= 15 is 0 Å². The number of nitrogens with zero attached hydrogens (tertiary/aromatic N) is 1. The van der Waals surface area contributed by atoms with Gasteiger partial charge in [-0.15, -0.1) is 0 Å². The van der Waals surface area contributed by atoms with Crippen LogP contribution in [0.3, 0.4) is 0 Å². The molecule has 7 heteroatoms. The molecule has 2 aromatic carbocycles. The third-order valence-corrected chi connectivity index (χ3v) is 5.61. The van der Waals surface area contributed by atoms with Gasteiger partial charge in [0.15, 0.2) is 0 Å². The summed E-state index contributed by atoms with van der Waals surface area (Å²) in [4.78, 5) is 27.8. The summed E-state index contributed by atoms with van der Waals surface area (Å²) < 4.78 is 5.42. The normalized spacial score (nSPS) is 14.4. The van der Waals surface area contributed by atoms with Gasteiger partial charge in [-0.2, -0.15) is 0 Å². The van der Waals surface area contributed by atoms with Crippen LogP contribution < -0.4 is 25.6 Å². The minimum absolute atomic E-state index is 0.0799. The van der Waals surface area contributed by atoms with Crippen molar-refractivity contribution in [3.05, 3.63) is 48.0 Å². The summed E-state index contributed by atoms with van der Waals surface area (Å²) in [7, 11) is 0. The molecule has 1 atom stereocenters. The Kier molecular flexibility index (Phi) is 8.36. The van der Waals surface area contributed by atoms with E-state index in [4.69, 9.17) is 4.74 Å². The van der Waals surface area contributed by atoms with Gasteiger partial charge in [-0.05, 0) is 82.0 Å². The fourth-order valence-corrected chi connectivity index (χ4v) is 3.70. The van der Waals surface area contributed by atoms with E-state index in [9.17, 15) is 9.59 Å². The van der Waals surface area contributed by atoms with Crippen LogP contribution in [0.25, 0.3) is 0 Å². The topological polar surface area (TPSA) is 82.7 Å². The minimum Gasteiger partial charge on any atom is -0.494 e. The maximum absolute atomic E-state index is 13.0. The lowest BCUT2D eigenvalue weighted by Gasteiger charge is -2.31. The van der Waals surface area contributed by atoms with Crippen LogP contribution in [0.1, 0.15) is 56.8 Å². The van der Waals surface area contributed by atoms with E-state index in [0.29, 0.717) is 23.5 Å². The van der Waals surface area contributed by atoms with Crippen LogP contribution in [0, 0.1) is 0 Å². The number of urea groups is 1. The van der Waals surface area contributed by atoms with Gasteiger partial charge in [-0.25, -0.2) is 4.79 Å². The third kappa shape index (κ3) is 6.39. The highest BCUT2D eigenvalue weighted by molar-refractivity contribution is 6.04. The lowest BCUT2D eigenvalue weighted by molar-refractivity contribution is 0.0939. The van der Waals surface area contributed by atoms with E-state index in [1.165, 1.54) is 6.42 Å². The van der Waals surface area contributed by atoms with Gasteiger partial charge >= 0.3 is 6.03 Å². The summed E-state index contributed by atoms with van der Waals surface area (Å²) in [6, 6.07) is 12.5. The SMILES string of the molecule is CCOc1ccc(NC(=O)Nc2ccc(N3CCCCC3)c(C(=O)NC(C)CC)c2)cc1. The van der Waals surface area contributed by atoms with Gasteiger partial charge < -0.3 is 25.6 Å². The molecule has 0 radical (unpaired) electrons. The van der Waals surface area contributed by atoms with Crippen molar-refractivity contribution < 1.29 is 14.3 Å². The summed E-state index contributed by atoms with van der Waals surface area (Å²) in [6.45, 7) is 8.43. The summed E-state index contributed by atoms with van der Waals surface area (Å²) >= 11 is 0. The van der Waals surface area contributed by atoms with E-state index in [1.807, 2.05) is 45.0 Å². The Morgan fingerprint density at radius 1 is 0.969 bits per heavy atom. The van der Waals surface area contributed by atoms with E-state index in [1.54, 1.807) is 18.2 Å². The summed E-state index contributed by atoms with van der Waals surface area (Å²) in [5.74, 6) is 0.638. The van der Waals surface area contributed by atoms with E-state index in [0.717, 1.165) is 43.8 Å². The third-order valence-electron chi connectivity index (χ3n) is 5.61. The van der Waals surface area contributed by atoms with Gasteiger partial charge in [0.05, 0.1) is 12.2 Å². The van der Waals surface area contributed by atoms with Crippen LogP contribution in [0.4, 0.5) is 21.9 Å². The highest BCUT2D eigenvalue weighted by Crippen LogP contribution is 2.27. The van der Waals surface area contributed by atoms with Gasteiger partial charge in [0, 0.05) is 36.2 Å². The number of benzene rings is 2.